The highest BCUT2D eigenvalue weighted by Crippen LogP contribution is 2.43. The fraction of sp³-hybridized carbons (Fsp3) is 0.219. The van der Waals surface area contributed by atoms with Crippen molar-refractivity contribution in [1.82, 2.24) is 0 Å². The van der Waals surface area contributed by atoms with E-state index >= 15 is 0 Å². The molecule has 0 aliphatic heterocycles. The maximum Gasteiger partial charge on any atom is 0.337 e. The van der Waals surface area contributed by atoms with Crippen LogP contribution in [-0.2, 0) is 10.2 Å². The van der Waals surface area contributed by atoms with E-state index < -0.39 is 0 Å². The molecule has 0 amide bonds. The van der Waals surface area contributed by atoms with Crippen molar-refractivity contribution in [2.75, 3.05) is 7.11 Å². The van der Waals surface area contributed by atoms with E-state index in [1.807, 2.05) is 38.1 Å². The van der Waals surface area contributed by atoms with Crippen LogP contribution < -0.4 is 0 Å². The molecule has 34 heavy (non-hydrogen) atoms. The average molecular weight is 449 g/mol. The van der Waals surface area contributed by atoms with Crippen LogP contribution in [0.3, 0.4) is 0 Å². The second kappa shape index (κ2) is 9.69. The third-order valence-electron chi connectivity index (χ3n) is 6.54. The SMILES string of the molecule is CC.COC(=O)c1ccc(-c2ccc3cc4c(cc3c2)C(c2ccccc2)=CCC4(C)C)cc1. The van der Waals surface area contributed by atoms with Crippen LogP contribution in [0, 0.1) is 0 Å². The van der Waals surface area contributed by atoms with E-state index in [-0.39, 0.29) is 11.4 Å². The Hall–Kier alpha value is -3.65. The number of hydrogen-bond donors (Lipinski definition) is 0. The number of ether oxygens (including phenoxy) is 1. The molecule has 0 N–H and O–H groups in total. The van der Waals surface area contributed by atoms with Gasteiger partial charge >= 0.3 is 5.97 Å². The van der Waals surface area contributed by atoms with E-state index in [4.69, 9.17) is 4.74 Å². The topological polar surface area (TPSA) is 26.3 Å². The number of allylic oxidation sites excluding steroid dienone is 1. The van der Waals surface area contributed by atoms with Crippen LogP contribution in [0.1, 0.15) is 61.2 Å². The molecule has 172 valence electrons. The summed E-state index contributed by atoms with van der Waals surface area (Å²) in [7, 11) is 1.40. The minimum atomic E-state index is -0.315. The number of methoxy groups -OCH3 is 1. The van der Waals surface area contributed by atoms with Gasteiger partial charge in [-0.2, -0.15) is 0 Å². The Balaban J connectivity index is 0.00000133. The van der Waals surface area contributed by atoms with E-state index in [1.165, 1.54) is 40.1 Å². The zero-order valence-electron chi connectivity index (χ0n) is 20.7. The lowest BCUT2D eigenvalue weighted by Gasteiger charge is -2.33. The number of carbonyl (C=O) groups is 1. The second-order valence-electron chi connectivity index (χ2n) is 9.10. The van der Waals surface area contributed by atoms with Crippen LogP contribution >= 0.6 is 0 Å². The van der Waals surface area contributed by atoms with Gasteiger partial charge < -0.3 is 4.74 Å². The third-order valence-corrected chi connectivity index (χ3v) is 6.54. The zero-order chi connectivity index (χ0) is 24.3. The molecule has 0 saturated heterocycles. The van der Waals surface area contributed by atoms with Crippen LogP contribution in [0.15, 0.2) is 91.0 Å². The van der Waals surface area contributed by atoms with Crippen molar-refractivity contribution in [3.63, 3.8) is 0 Å². The largest absolute Gasteiger partial charge is 0.465 e. The molecule has 0 unspecified atom stereocenters. The molecule has 2 nitrogen and oxygen atoms in total. The summed E-state index contributed by atoms with van der Waals surface area (Å²) in [5.41, 5.74) is 8.17. The first-order valence-corrected chi connectivity index (χ1v) is 12.0. The van der Waals surface area contributed by atoms with Gasteiger partial charge in [-0.25, -0.2) is 4.79 Å². The fourth-order valence-electron chi connectivity index (χ4n) is 4.64. The molecule has 0 atom stereocenters. The molecule has 4 aromatic carbocycles. The third kappa shape index (κ3) is 4.41. The minimum absolute atomic E-state index is 0.101. The van der Waals surface area contributed by atoms with Gasteiger partial charge in [-0.3, -0.25) is 0 Å². The van der Waals surface area contributed by atoms with Crippen molar-refractivity contribution in [2.45, 2.75) is 39.5 Å². The predicted molar refractivity (Wildman–Crippen MR) is 143 cm³/mol. The molecule has 4 aromatic rings. The van der Waals surface area contributed by atoms with E-state index in [9.17, 15) is 4.79 Å². The first kappa shape index (κ1) is 23.5. The highest BCUT2D eigenvalue weighted by Gasteiger charge is 2.29. The summed E-state index contributed by atoms with van der Waals surface area (Å²) in [6.45, 7) is 8.65. The Bertz CT molecular complexity index is 1340. The summed E-state index contributed by atoms with van der Waals surface area (Å²) >= 11 is 0. The highest BCUT2D eigenvalue weighted by molar-refractivity contribution is 5.95. The molecule has 1 aliphatic carbocycles. The van der Waals surface area contributed by atoms with Gasteiger partial charge in [0.2, 0.25) is 0 Å². The van der Waals surface area contributed by atoms with Gasteiger partial charge in [-0.15, -0.1) is 0 Å². The maximum absolute atomic E-state index is 11.7. The first-order chi connectivity index (χ1) is 16.5. The van der Waals surface area contributed by atoms with Crippen molar-refractivity contribution in [3.05, 3.63) is 113 Å². The quantitative estimate of drug-likeness (QED) is 0.294. The Morgan fingerprint density at radius 1 is 0.765 bits per heavy atom. The van der Waals surface area contributed by atoms with E-state index in [0.29, 0.717) is 5.56 Å². The van der Waals surface area contributed by atoms with E-state index in [0.717, 1.165) is 17.5 Å². The van der Waals surface area contributed by atoms with Gasteiger partial charge in [0, 0.05) is 0 Å². The van der Waals surface area contributed by atoms with Crippen molar-refractivity contribution in [1.29, 1.82) is 0 Å². The number of hydrogen-bond acceptors (Lipinski definition) is 2. The molecule has 2 heteroatoms. The van der Waals surface area contributed by atoms with Gasteiger partial charge in [0.15, 0.2) is 0 Å². The molecule has 0 saturated carbocycles. The van der Waals surface area contributed by atoms with Crippen molar-refractivity contribution in [2.24, 2.45) is 0 Å². The van der Waals surface area contributed by atoms with Crippen molar-refractivity contribution >= 4 is 22.3 Å². The summed E-state index contributed by atoms with van der Waals surface area (Å²) in [5, 5.41) is 2.47. The fourth-order valence-corrected chi connectivity index (χ4v) is 4.64. The number of rotatable bonds is 3. The van der Waals surface area contributed by atoms with Crippen molar-refractivity contribution in [3.8, 4) is 11.1 Å². The normalized spacial score (nSPS) is 13.9. The van der Waals surface area contributed by atoms with Crippen LogP contribution in [0.5, 0.6) is 0 Å². The average Bonchev–Trinajstić information content (AvgIpc) is 2.89. The van der Waals surface area contributed by atoms with Crippen LogP contribution in [0.2, 0.25) is 0 Å². The Morgan fingerprint density at radius 2 is 1.44 bits per heavy atom. The Morgan fingerprint density at radius 3 is 2.12 bits per heavy atom. The second-order valence-corrected chi connectivity index (χ2v) is 9.10. The standard InChI is InChI=1S/C30H26O2.C2H6/c1-30(2)16-15-26(21-7-5-4-6-8-21)27-18-25-17-23(13-14-24(25)19-28(27)30)20-9-11-22(12-10-20)29(31)32-3;1-2/h4-15,17-19H,16H2,1-3H3;1-2H3. The lowest BCUT2D eigenvalue weighted by Crippen LogP contribution is -2.21. The van der Waals surface area contributed by atoms with Gasteiger partial charge in [0.25, 0.3) is 0 Å². The minimum Gasteiger partial charge on any atom is -0.465 e. The van der Waals surface area contributed by atoms with Crippen molar-refractivity contribution < 1.29 is 9.53 Å². The summed E-state index contributed by atoms with van der Waals surface area (Å²) < 4.78 is 4.81. The summed E-state index contributed by atoms with van der Waals surface area (Å²) in [4.78, 5) is 11.7. The lowest BCUT2D eigenvalue weighted by molar-refractivity contribution is 0.0600. The van der Waals surface area contributed by atoms with Gasteiger partial charge in [-0.05, 0) is 86.3 Å². The molecule has 1 aliphatic rings. The van der Waals surface area contributed by atoms with Crippen LogP contribution in [0.4, 0.5) is 0 Å². The van der Waals surface area contributed by atoms with E-state index in [1.54, 1.807) is 0 Å². The first-order valence-electron chi connectivity index (χ1n) is 12.0. The molecular formula is C32H32O2. The Kier molecular flexibility index (Phi) is 6.70. The molecule has 0 spiro atoms. The molecule has 0 heterocycles. The predicted octanol–water partition coefficient (Wildman–Crippen LogP) is 8.43. The Labute approximate surface area is 202 Å². The van der Waals surface area contributed by atoms with Crippen LogP contribution in [0.25, 0.3) is 27.5 Å². The molecular weight excluding hydrogens is 416 g/mol. The molecule has 0 fully saturated rings. The number of fused-ring (bicyclic) bond motifs is 2. The molecule has 0 radical (unpaired) electrons. The van der Waals surface area contributed by atoms with E-state index in [2.05, 4.69) is 80.6 Å². The summed E-state index contributed by atoms with van der Waals surface area (Å²) in [6.07, 6.45) is 3.42. The van der Waals surface area contributed by atoms with Gasteiger partial charge in [0.05, 0.1) is 12.7 Å². The van der Waals surface area contributed by atoms with Crippen LogP contribution in [-0.4, -0.2) is 13.1 Å². The maximum atomic E-state index is 11.7. The number of carbonyl (C=O) groups excluding carboxylic acids is 1. The molecule has 5 rings (SSSR count). The monoisotopic (exact) mass is 448 g/mol. The highest BCUT2D eigenvalue weighted by atomic mass is 16.5. The zero-order valence-corrected chi connectivity index (χ0v) is 20.7. The lowest BCUT2D eigenvalue weighted by atomic mass is 9.71. The summed E-state index contributed by atoms with van der Waals surface area (Å²) in [5.74, 6) is -0.315. The number of esters is 1. The summed E-state index contributed by atoms with van der Waals surface area (Å²) in [6, 6.07) is 29.6. The smallest absolute Gasteiger partial charge is 0.337 e. The van der Waals surface area contributed by atoms with Gasteiger partial charge in [0.1, 0.15) is 0 Å². The number of benzene rings is 4. The van der Waals surface area contributed by atoms with Gasteiger partial charge in [-0.1, -0.05) is 88.4 Å². The molecule has 0 bridgehead atoms. The molecule has 0 aromatic heterocycles.